The monoisotopic (exact) mass is 530 g/mol. The molecule has 0 saturated carbocycles. The standard InChI is InChI=1S/C31H34N2O6/c1-4-9-21-15-20(18-33-25-12-8-7-11-24(25)32(6-3)31(33)36)16-22(10-5-2)28(21)39-29(30(34)35)23-13-14-26-27(17-23)38-19-37-26/h7-8,11-17,29H,4-6,9-10,18-19H2,1-3H3,(H,34,35). The number of carboxylic acids is 1. The lowest BCUT2D eigenvalue weighted by molar-refractivity contribution is -0.145. The second-order valence-corrected chi connectivity index (χ2v) is 9.79. The molecule has 1 aliphatic rings. The number of aliphatic carboxylic acids is 1. The van der Waals surface area contributed by atoms with E-state index >= 15 is 0 Å². The van der Waals surface area contributed by atoms with Gasteiger partial charge in [-0.25, -0.2) is 9.59 Å². The van der Waals surface area contributed by atoms with E-state index in [1.165, 1.54) is 0 Å². The fraction of sp³-hybridized carbons (Fsp3) is 0.355. The van der Waals surface area contributed by atoms with Crippen molar-refractivity contribution in [3.05, 3.63) is 87.3 Å². The molecule has 1 N–H and O–H groups in total. The van der Waals surface area contributed by atoms with Crippen LogP contribution in [0.3, 0.4) is 0 Å². The van der Waals surface area contributed by atoms with E-state index < -0.39 is 12.1 Å². The highest BCUT2D eigenvalue weighted by Crippen LogP contribution is 2.37. The van der Waals surface area contributed by atoms with E-state index in [9.17, 15) is 14.7 Å². The van der Waals surface area contributed by atoms with E-state index in [2.05, 4.69) is 26.0 Å². The fourth-order valence-corrected chi connectivity index (χ4v) is 5.35. The minimum absolute atomic E-state index is 0.0399. The van der Waals surface area contributed by atoms with Gasteiger partial charge in [0.1, 0.15) is 5.75 Å². The molecule has 1 aromatic heterocycles. The molecule has 8 nitrogen and oxygen atoms in total. The summed E-state index contributed by atoms with van der Waals surface area (Å²) in [5.74, 6) is 0.625. The van der Waals surface area contributed by atoms with Crippen LogP contribution >= 0.6 is 0 Å². The maximum atomic E-state index is 13.3. The van der Waals surface area contributed by atoms with Crippen molar-refractivity contribution >= 4 is 17.0 Å². The van der Waals surface area contributed by atoms with Gasteiger partial charge in [-0.05, 0) is 60.7 Å². The van der Waals surface area contributed by atoms with Crippen LogP contribution in [0.5, 0.6) is 17.2 Å². The lowest BCUT2D eigenvalue weighted by Crippen LogP contribution is -2.24. The number of fused-ring (bicyclic) bond motifs is 2. The van der Waals surface area contributed by atoms with Crippen LogP contribution in [0.15, 0.2) is 59.4 Å². The zero-order chi connectivity index (χ0) is 27.5. The summed E-state index contributed by atoms with van der Waals surface area (Å²) in [7, 11) is 0. The molecule has 0 bridgehead atoms. The molecular formula is C31H34N2O6. The third kappa shape index (κ3) is 5.11. The summed E-state index contributed by atoms with van der Waals surface area (Å²) in [4.78, 5) is 25.7. The highest BCUT2D eigenvalue weighted by atomic mass is 16.7. The number of aryl methyl sites for hydroxylation is 3. The highest BCUT2D eigenvalue weighted by molar-refractivity contribution is 5.76. The predicted molar refractivity (Wildman–Crippen MR) is 149 cm³/mol. The van der Waals surface area contributed by atoms with E-state index in [4.69, 9.17) is 14.2 Å². The van der Waals surface area contributed by atoms with Crippen molar-refractivity contribution in [2.75, 3.05) is 6.79 Å². The number of ether oxygens (including phenoxy) is 3. The SMILES string of the molecule is CCCc1cc(Cn2c(=O)n(CC)c3ccccc32)cc(CCC)c1OC(C(=O)O)c1ccc2c(c1)OCO2. The zero-order valence-electron chi connectivity index (χ0n) is 22.6. The normalized spacial score (nSPS) is 13.1. The molecule has 0 radical (unpaired) electrons. The van der Waals surface area contributed by atoms with Gasteiger partial charge in [-0.3, -0.25) is 9.13 Å². The molecule has 204 valence electrons. The van der Waals surface area contributed by atoms with Gasteiger partial charge >= 0.3 is 11.7 Å². The van der Waals surface area contributed by atoms with Gasteiger partial charge in [-0.1, -0.05) is 57.0 Å². The largest absolute Gasteiger partial charge is 0.478 e. The maximum Gasteiger partial charge on any atom is 0.349 e. The Morgan fingerprint density at radius 2 is 1.56 bits per heavy atom. The number of benzene rings is 3. The van der Waals surface area contributed by atoms with Crippen LogP contribution in [0.25, 0.3) is 11.0 Å². The number of hydrogen-bond acceptors (Lipinski definition) is 5. The predicted octanol–water partition coefficient (Wildman–Crippen LogP) is 5.71. The molecule has 1 aliphatic heterocycles. The smallest absolute Gasteiger partial charge is 0.349 e. The third-order valence-electron chi connectivity index (χ3n) is 7.08. The van der Waals surface area contributed by atoms with Crippen molar-refractivity contribution in [3.63, 3.8) is 0 Å². The first kappa shape index (κ1) is 26.4. The van der Waals surface area contributed by atoms with Gasteiger partial charge in [0.2, 0.25) is 12.9 Å². The summed E-state index contributed by atoms with van der Waals surface area (Å²) in [6, 6.07) is 17.0. The topological polar surface area (TPSA) is 91.9 Å². The van der Waals surface area contributed by atoms with Crippen LogP contribution in [0.4, 0.5) is 0 Å². The van der Waals surface area contributed by atoms with Crippen molar-refractivity contribution in [1.82, 2.24) is 9.13 Å². The molecule has 0 aliphatic carbocycles. The van der Waals surface area contributed by atoms with Crippen molar-refractivity contribution in [1.29, 1.82) is 0 Å². The van der Waals surface area contributed by atoms with E-state index in [1.54, 1.807) is 22.8 Å². The molecule has 2 heterocycles. The van der Waals surface area contributed by atoms with E-state index in [1.807, 2.05) is 35.8 Å². The Bertz CT molecular complexity index is 1540. The van der Waals surface area contributed by atoms with Gasteiger partial charge < -0.3 is 19.3 Å². The molecule has 39 heavy (non-hydrogen) atoms. The Balaban J connectivity index is 1.56. The van der Waals surface area contributed by atoms with Crippen LogP contribution in [0.1, 0.15) is 62.0 Å². The molecule has 4 aromatic rings. The quantitative estimate of drug-likeness (QED) is 0.267. The van der Waals surface area contributed by atoms with Crippen LogP contribution in [0, 0.1) is 0 Å². The van der Waals surface area contributed by atoms with Gasteiger partial charge in [0.05, 0.1) is 17.6 Å². The summed E-state index contributed by atoms with van der Waals surface area (Å²) >= 11 is 0. The van der Waals surface area contributed by atoms with E-state index in [0.29, 0.717) is 35.9 Å². The first-order valence-corrected chi connectivity index (χ1v) is 13.6. The summed E-state index contributed by atoms with van der Waals surface area (Å²) in [5.41, 5.74) is 5.13. The lowest BCUT2D eigenvalue weighted by atomic mass is 9.97. The second kappa shape index (κ2) is 11.3. The zero-order valence-corrected chi connectivity index (χ0v) is 22.6. The summed E-state index contributed by atoms with van der Waals surface area (Å²) in [6.45, 7) is 7.27. The molecule has 0 amide bonds. The number of imidazole rings is 1. The molecule has 0 fully saturated rings. The number of carboxylic acid groups (broad SMARTS) is 1. The minimum atomic E-state index is -1.21. The van der Waals surface area contributed by atoms with Crippen molar-refractivity contribution in [2.45, 2.75) is 65.6 Å². The molecular weight excluding hydrogens is 496 g/mol. The van der Waals surface area contributed by atoms with Gasteiger partial charge in [0, 0.05) is 12.1 Å². The Hall–Kier alpha value is -4.20. The summed E-state index contributed by atoms with van der Waals surface area (Å²) in [5, 5.41) is 10.1. The Morgan fingerprint density at radius 3 is 2.18 bits per heavy atom. The lowest BCUT2D eigenvalue weighted by Gasteiger charge is -2.22. The van der Waals surface area contributed by atoms with Crippen LogP contribution in [-0.2, 0) is 30.7 Å². The number of carbonyl (C=O) groups is 1. The van der Waals surface area contributed by atoms with Crippen LogP contribution in [-0.4, -0.2) is 27.0 Å². The second-order valence-electron chi connectivity index (χ2n) is 9.79. The van der Waals surface area contributed by atoms with Crippen LogP contribution in [0.2, 0.25) is 0 Å². The molecule has 0 spiro atoms. The molecule has 0 saturated heterocycles. The fourth-order valence-electron chi connectivity index (χ4n) is 5.35. The third-order valence-corrected chi connectivity index (χ3v) is 7.08. The first-order valence-electron chi connectivity index (χ1n) is 13.6. The van der Waals surface area contributed by atoms with Gasteiger partial charge in [-0.15, -0.1) is 0 Å². The summed E-state index contributed by atoms with van der Waals surface area (Å²) in [6.07, 6.45) is 1.96. The minimum Gasteiger partial charge on any atom is -0.478 e. The maximum absolute atomic E-state index is 13.3. The van der Waals surface area contributed by atoms with Crippen molar-refractivity contribution in [2.24, 2.45) is 0 Å². The number of aromatic nitrogens is 2. The van der Waals surface area contributed by atoms with Gasteiger partial charge in [0.25, 0.3) is 0 Å². The Morgan fingerprint density at radius 1 is 0.923 bits per heavy atom. The molecule has 1 unspecified atom stereocenters. The van der Waals surface area contributed by atoms with Crippen molar-refractivity contribution < 1.29 is 24.1 Å². The van der Waals surface area contributed by atoms with Gasteiger partial charge in [-0.2, -0.15) is 0 Å². The molecule has 3 aromatic carbocycles. The average Bonchev–Trinajstić information content (AvgIpc) is 3.50. The molecule has 5 rings (SSSR count). The Kier molecular flexibility index (Phi) is 7.63. The van der Waals surface area contributed by atoms with Gasteiger partial charge in [0.15, 0.2) is 11.5 Å². The molecule has 8 heteroatoms. The number of rotatable bonds is 11. The highest BCUT2D eigenvalue weighted by Gasteiger charge is 2.27. The first-order chi connectivity index (χ1) is 18.9. The van der Waals surface area contributed by atoms with Crippen LogP contribution < -0.4 is 19.9 Å². The molecule has 1 atom stereocenters. The van der Waals surface area contributed by atoms with Crippen molar-refractivity contribution in [3.8, 4) is 17.2 Å². The Labute approximate surface area is 227 Å². The van der Waals surface area contributed by atoms with E-state index in [0.717, 1.165) is 53.4 Å². The van der Waals surface area contributed by atoms with E-state index in [-0.39, 0.29) is 12.5 Å². The number of para-hydroxylation sites is 2. The average molecular weight is 531 g/mol. The number of hydrogen-bond donors (Lipinski definition) is 1. The number of nitrogens with zero attached hydrogens (tertiary/aromatic N) is 2. The summed E-state index contributed by atoms with van der Waals surface area (Å²) < 4.78 is 20.8.